The van der Waals surface area contributed by atoms with Crippen molar-refractivity contribution in [2.24, 2.45) is 0 Å². The first-order chi connectivity index (χ1) is 9.65. The molecule has 0 fully saturated rings. The summed E-state index contributed by atoms with van der Waals surface area (Å²) in [6.07, 6.45) is 0. The molecule has 6 heteroatoms. The summed E-state index contributed by atoms with van der Waals surface area (Å²) in [6, 6.07) is 12.4. The van der Waals surface area contributed by atoms with E-state index in [1.807, 2.05) is 18.2 Å². The molecule has 0 spiro atoms. The summed E-state index contributed by atoms with van der Waals surface area (Å²) in [7, 11) is 0. The maximum absolute atomic E-state index is 11.8. The summed E-state index contributed by atoms with van der Waals surface area (Å²) < 4.78 is 6.61. The summed E-state index contributed by atoms with van der Waals surface area (Å²) in [5.41, 5.74) is 1.89. The monoisotopic (exact) mass is 308 g/mol. The molecule has 1 N–H and O–H groups in total. The number of hydrogen-bond donors (Lipinski definition) is 1. The van der Waals surface area contributed by atoms with Crippen molar-refractivity contribution >= 4 is 40.0 Å². The fraction of sp³-hybridized carbons (Fsp3) is 0.0714. The molecule has 20 heavy (non-hydrogen) atoms. The quantitative estimate of drug-likeness (QED) is 0.796. The molecule has 0 unspecified atom stereocenters. The second kappa shape index (κ2) is 5.23. The Kier molecular flexibility index (Phi) is 3.42. The lowest BCUT2D eigenvalue weighted by atomic mass is 10.3. The van der Waals surface area contributed by atoms with Crippen LogP contribution in [0.5, 0.6) is 0 Å². The zero-order valence-electron chi connectivity index (χ0n) is 10.3. The van der Waals surface area contributed by atoms with E-state index in [1.165, 1.54) is 4.57 Å². The zero-order valence-corrected chi connectivity index (χ0v) is 11.8. The highest BCUT2D eigenvalue weighted by Gasteiger charge is 2.09. The number of benzene rings is 2. The predicted molar refractivity (Wildman–Crippen MR) is 80.6 cm³/mol. The van der Waals surface area contributed by atoms with Crippen LogP contribution in [-0.4, -0.2) is 4.57 Å². The first-order valence-electron chi connectivity index (χ1n) is 5.92. The van der Waals surface area contributed by atoms with Gasteiger partial charge in [-0.05, 0) is 30.3 Å². The molecule has 1 aromatic heterocycles. The number of nitrogens with one attached hydrogen (secondary N) is 1. The molecule has 0 aliphatic carbocycles. The standard InChI is InChI=1S/C14H10Cl2N2O2/c15-9-5-6-13-12(7-9)18(14(19)20-13)8-17-11-4-2-1-3-10(11)16/h1-7,17H,8H2. The van der Waals surface area contributed by atoms with Crippen LogP contribution in [0.4, 0.5) is 5.69 Å². The van der Waals surface area contributed by atoms with E-state index in [1.54, 1.807) is 24.3 Å². The molecular weight excluding hydrogens is 299 g/mol. The van der Waals surface area contributed by atoms with Gasteiger partial charge in [0.05, 0.1) is 22.9 Å². The summed E-state index contributed by atoms with van der Waals surface area (Å²) in [5.74, 6) is -0.443. The van der Waals surface area contributed by atoms with Crippen LogP contribution in [0.3, 0.4) is 0 Å². The van der Waals surface area contributed by atoms with Crippen molar-refractivity contribution < 1.29 is 4.42 Å². The molecule has 0 aliphatic heterocycles. The van der Waals surface area contributed by atoms with Crippen LogP contribution >= 0.6 is 23.2 Å². The van der Waals surface area contributed by atoms with Crippen LogP contribution in [0.15, 0.2) is 51.7 Å². The highest BCUT2D eigenvalue weighted by Crippen LogP contribution is 2.22. The van der Waals surface area contributed by atoms with Gasteiger partial charge in [-0.15, -0.1) is 0 Å². The molecule has 4 nitrogen and oxygen atoms in total. The smallest absolute Gasteiger partial charge is 0.408 e. The first kappa shape index (κ1) is 13.1. The third kappa shape index (κ3) is 2.40. The van der Waals surface area contributed by atoms with E-state index < -0.39 is 5.76 Å². The third-order valence-electron chi connectivity index (χ3n) is 2.93. The van der Waals surface area contributed by atoms with Gasteiger partial charge in [0, 0.05) is 5.02 Å². The minimum Gasteiger partial charge on any atom is -0.408 e. The van der Waals surface area contributed by atoms with Crippen LogP contribution in [0.2, 0.25) is 10.0 Å². The van der Waals surface area contributed by atoms with Gasteiger partial charge >= 0.3 is 5.76 Å². The van der Waals surface area contributed by atoms with Crippen molar-refractivity contribution in [3.63, 3.8) is 0 Å². The number of hydrogen-bond acceptors (Lipinski definition) is 3. The second-order valence-electron chi connectivity index (χ2n) is 4.22. The molecule has 0 aliphatic rings. The molecule has 3 rings (SSSR count). The molecule has 0 saturated carbocycles. The summed E-state index contributed by atoms with van der Waals surface area (Å²) in [4.78, 5) is 11.8. The van der Waals surface area contributed by atoms with Crippen LogP contribution in [0.25, 0.3) is 11.1 Å². The van der Waals surface area contributed by atoms with Gasteiger partial charge < -0.3 is 9.73 Å². The highest BCUT2D eigenvalue weighted by atomic mass is 35.5. The van der Waals surface area contributed by atoms with Crippen LogP contribution in [0.1, 0.15) is 0 Å². The average Bonchev–Trinajstić information content (AvgIpc) is 2.73. The minimum absolute atomic E-state index is 0.246. The van der Waals surface area contributed by atoms with Gasteiger partial charge in [-0.25, -0.2) is 4.79 Å². The Hall–Kier alpha value is -1.91. The van der Waals surface area contributed by atoms with Gasteiger partial charge in [0.2, 0.25) is 0 Å². The number of oxazole rings is 1. The summed E-state index contributed by atoms with van der Waals surface area (Å²) in [6.45, 7) is 0.246. The molecule has 1 heterocycles. The Morgan fingerprint density at radius 1 is 1.15 bits per heavy atom. The van der Waals surface area contributed by atoms with E-state index in [2.05, 4.69) is 5.32 Å². The highest BCUT2D eigenvalue weighted by molar-refractivity contribution is 6.33. The minimum atomic E-state index is -0.443. The number of anilines is 1. The number of nitrogens with zero attached hydrogens (tertiary/aromatic N) is 1. The lowest BCUT2D eigenvalue weighted by Crippen LogP contribution is -2.19. The van der Waals surface area contributed by atoms with Crippen LogP contribution in [-0.2, 0) is 6.67 Å². The zero-order chi connectivity index (χ0) is 14.1. The lowest BCUT2D eigenvalue weighted by Gasteiger charge is -2.08. The van der Waals surface area contributed by atoms with E-state index in [4.69, 9.17) is 27.6 Å². The molecule has 0 radical (unpaired) electrons. The van der Waals surface area contributed by atoms with Crippen LogP contribution in [0, 0.1) is 0 Å². The van der Waals surface area contributed by atoms with E-state index in [-0.39, 0.29) is 6.67 Å². The molecular formula is C14H10Cl2N2O2. The fourth-order valence-corrected chi connectivity index (χ4v) is 2.32. The Labute approximate surface area is 124 Å². The molecule has 0 bridgehead atoms. The number of rotatable bonds is 3. The van der Waals surface area contributed by atoms with Crippen molar-refractivity contribution in [3.8, 4) is 0 Å². The second-order valence-corrected chi connectivity index (χ2v) is 5.07. The van der Waals surface area contributed by atoms with Crippen molar-refractivity contribution in [2.45, 2.75) is 6.67 Å². The number of halogens is 2. The summed E-state index contributed by atoms with van der Waals surface area (Å²) in [5, 5.41) is 4.23. The number of aromatic nitrogens is 1. The molecule has 102 valence electrons. The van der Waals surface area contributed by atoms with Crippen molar-refractivity contribution in [3.05, 3.63) is 63.1 Å². The Morgan fingerprint density at radius 3 is 2.75 bits per heavy atom. The lowest BCUT2D eigenvalue weighted by molar-refractivity contribution is 0.515. The fourth-order valence-electron chi connectivity index (χ4n) is 1.95. The van der Waals surface area contributed by atoms with Gasteiger partial charge in [0.25, 0.3) is 0 Å². The molecule has 2 aromatic carbocycles. The van der Waals surface area contributed by atoms with Crippen molar-refractivity contribution in [1.82, 2.24) is 4.57 Å². The normalized spacial score (nSPS) is 10.9. The van der Waals surface area contributed by atoms with Gasteiger partial charge in [-0.3, -0.25) is 4.57 Å². The Bertz CT molecular complexity index is 823. The molecule has 0 saturated heterocycles. The Morgan fingerprint density at radius 2 is 1.95 bits per heavy atom. The van der Waals surface area contributed by atoms with Crippen molar-refractivity contribution in [2.75, 3.05) is 5.32 Å². The van der Waals surface area contributed by atoms with Gasteiger partial charge in [-0.2, -0.15) is 0 Å². The van der Waals surface area contributed by atoms with Gasteiger partial charge in [0.1, 0.15) is 0 Å². The van der Waals surface area contributed by atoms with Crippen LogP contribution < -0.4 is 11.1 Å². The van der Waals surface area contributed by atoms with E-state index in [9.17, 15) is 4.79 Å². The maximum atomic E-state index is 11.8. The predicted octanol–water partition coefficient (Wildman–Crippen LogP) is 3.97. The number of para-hydroxylation sites is 1. The molecule has 0 atom stereocenters. The van der Waals surface area contributed by atoms with Gasteiger partial charge in [-0.1, -0.05) is 35.3 Å². The Balaban J connectivity index is 1.95. The largest absolute Gasteiger partial charge is 0.421 e. The maximum Gasteiger partial charge on any atom is 0.421 e. The molecule has 0 amide bonds. The van der Waals surface area contributed by atoms with Gasteiger partial charge in [0.15, 0.2) is 5.58 Å². The third-order valence-corrected chi connectivity index (χ3v) is 3.50. The topological polar surface area (TPSA) is 47.2 Å². The van der Waals surface area contributed by atoms with E-state index >= 15 is 0 Å². The SMILES string of the molecule is O=c1oc2ccc(Cl)cc2n1CNc1ccccc1Cl. The average molecular weight is 309 g/mol. The summed E-state index contributed by atoms with van der Waals surface area (Å²) >= 11 is 12.0. The molecule has 3 aromatic rings. The van der Waals surface area contributed by atoms with Crippen molar-refractivity contribution in [1.29, 1.82) is 0 Å². The van der Waals surface area contributed by atoms with E-state index in [0.717, 1.165) is 5.69 Å². The number of fused-ring (bicyclic) bond motifs is 1. The first-order valence-corrected chi connectivity index (χ1v) is 6.68. The van der Waals surface area contributed by atoms with E-state index in [0.29, 0.717) is 21.1 Å².